The SMILES string of the molecule is N#Cc1cccc(C(=O)Nc2ccc(Sc3ccc(Br)cc3)cc2)c1. The molecule has 3 rings (SSSR count). The van der Waals surface area contributed by atoms with E-state index in [0.717, 1.165) is 14.3 Å². The Morgan fingerprint density at radius 3 is 2.24 bits per heavy atom. The molecule has 0 aliphatic rings. The van der Waals surface area contributed by atoms with Gasteiger partial charge in [-0.15, -0.1) is 0 Å². The fourth-order valence-corrected chi connectivity index (χ4v) is 3.26. The number of hydrogen-bond donors (Lipinski definition) is 1. The van der Waals surface area contributed by atoms with Crippen molar-refractivity contribution in [1.82, 2.24) is 0 Å². The minimum Gasteiger partial charge on any atom is -0.322 e. The molecule has 0 spiro atoms. The van der Waals surface area contributed by atoms with E-state index in [-0.39, 0.29) is 5.91 Å². The van der Waals surface area contributed by atoms with Crippen molar-refractivity contribution in [3.63, 3.8) is 0 Å². The highest BCUT2D eigenvalue weighted by atomic mass is 79.9. The van der Waals surface area contributed by atoms with E-state index in [1.165, 1.54) is 0 Å². The predicted molar refractivity (Wildman–Crippen MR) is 104 cm³/mol. The number of hydrogen-bond acceptors (Lipinski definition) is 3. The predicted octanol–water partition coefficient (Wildman–Crippen LogP) is 5.72. The van der Waals surface area contributed by atoms with Crippen LogP contribution in [0.2, 0.25) is 0 Å². The first kappa shape index (κ1) is 17.3. The third-order valence-electron chi connectivity index (χ3n) is 3.42. The number of amides is 1. The highest BCUT2D eigenvalue weighted by Crippen LogP contribution is 2.29. The van der Waals surface area contributed by atoms with Crippen molar-refractivity contribution < 1.29 is 4.79 Å². The Morgan fingerprint density at radius 1 is 0.960 bits per heavy atom. The van der Waals surface area contributed by atoms with Crippen LogP contribution in [0, 0.1) is 11.3 Å². The summed E-state index contributed by atoms with van der Waals surface area (Å²) in [6.45, 7) is 0. The molecule has 3 aromatic rings. The number of anilines is 1. The normalized spacial score (nSPS) is 10.1. The van der Waals surface area contributed by atoms with E-state index in [2.05, 4.69) is 21.2 Å². The van der Waals surface area contributed by atoms with Crippen LogP contribution < -0.4 is 5.32 Å². The summed E-state index contributed by atoms with van der Waals surface area (Å²) in [7, 11) is 0. The second kappa shape index (κ2) is 8.02. The average Bonchev–Trinajstić information content (AvgIpc) is 2.65. The summed E-state index contributed by atoms with van der Waals surface area (Å²) in [5, 5.41) is 11.8. The largest absolute Gasteiger partial charge is 0.322 e. The van der Waals surface area contributed by atoms with Gasteiger partial charge in [0.1, 0.15) is 0 Å². The van der Waals surface area contributed by atoms with Crippen LogP contribution in [0.4, 0.5) is 5.69 Å². The Morgan fingerprint density at radius 2 is 1.60 bits per heavy atom. The van der Waals surface area contributed by atoms with Crippen LogP contribution in [0.1, 0.15) is 15.9 Å². The summed E-state index contributed by atoms with van der Waals surface area (Å²) >= 11 is 5.08. The lowest BCUT2D eigenvalue weighted by atomic mass is 10.1. The van der Waals surface area contributed by atoms with Crippen molar-refractivity contribution in [2.75, 3.05) is 5.32 Å². The zero-order valence-corrected chi connectivity index (χ0v) is 15.5. The number of carbonyl (C=O) groups excluding carboxylic acids is 1. The minimum absolute atomic E-state index is 0.231. The molecule has 0 radical (unpaired) electrons. The van der Waals surface area contributed by atoms with Crippen molar-refractivity contribution in [2.45, 2.75) is 9.79 Å². The number of nitrogens with one attached hydrogen (secondary N) is 1. The van der Waals surface area contributed by atoms with E-state index in [1.807, 2.05) is 54.6 Å². The lowest BCUT2D eigenvalue weighted by molar-refractivity contribution is 0.102. The van der Waals surface area contributed by atoms with Crippen LogP contribution in [-0.4, -0.2) is 5.91 Å². The highest BCUT2D eigenvalue weighted by molar-refractivity contribution is 9.10. The van der Waals surface area contributed by atoms with Gasteiger partial charge < -0.3 is 5.32 Å². The van der Waals surface area contributed by atoms with Crippen molar-refractivity contribution in [3.8, 4) is 6.07 Å². The second-order valence-corrected chi connectivity index (χ2v) is 7.29. The van der Waals surface area contributed by atoms with Gasteiger partial charge in [-0.2, -0.15) is 5.26 Å². The molecule has 0 bridgehead atoms. The molecular formula is C20H13BrN2OS. The highest BCUT2D eigenvalue weighted by Gasteiger charge is 2.07. The van der Waals surface area contributed by atoms with Gasteiger partial charge >= 0.3 is 0 Å². The van der Waals surface area contributed by atoms with Gasteiger partial charge in [0.25, 0.3) is 5.91 Å². The molecule has 3 nitrogen and oxygen atoms in total. The molecule has 0 aromatic heterocycles. The molecule has 122 valence electrons. The zero-order chi connectivity index (χ0) is 17.6. The average molecular weight is 409 g/mol. The maximum atomic E-state index is 12.3. The monoisotopic (exact) mass is 408 g/mol. The maximum Gasteiger partial charge on any atom is 0.255 e. The molecule has 0 aliphatic carbocycles. The lowest BCUT2D eigenvalue weighted by Gasteiger charge is -2.07. The standard InChI is InChI=1S/C20H13BrN2OS/c21-16-4-8-18(9-5-16)25-19-10-6-17(7-11-19)23-20(24)15-3-1-2-14(12-15)13-22/h1-12H,(H,23,24). The number of nitrogens with zero attached hydrogens (tertiary/aromatic N) is 1. The van der Waals surface area contributed by atoms with Crippen LogP contribution in [0.3, 0.4) is 0 Å². The number of rotatable bonds is 4. The summed E-state index contributed by atoms with van der Waals surface area (Å²) < 4.78 is 1.05. The summed E-state index contributed by atoms with van der Waals surface area (Å²) in [5.74, 6) is -0.231. The van der Waals surface area contributed by atoms with Crippen LogP contribution in [0.5, 0.6) is 0 Å². The fraction of sp³-hybridized carbons (Fsp3) is 0. The third-order valence-corrected chi connectivity index (χ3v) is 4.96. The smallest absolute Gasteiger partial charge is 0.255 e. The van der Waals surface area contributed by atoms with Crippen molar-refractivity contribution >= 4 is 39.3 Å². The van der Waals surface area contributed by atoms with Gasteiger partial charge in [0.2, 0.25) is 0 Å². The van der Waals surface area contributed by atoms with Crippen LogP contribution in [-0.2, 0) is 0 Å². The molecule has 0 heterocycles. The number of nitriles is 1. The van der Waals surface area contributed by atoms with E-state index in [4.69, 9.17) is 5.26 Å². The fourth-order valence-electron chi connectivity index (χ4n) is 2.18. The van der Waals surface area contributed by atoms with E-state index in [9.17, 15) is 4.79 Å². The molecule has 0 saturated heterocycles. The van der Waals surface area contributed by atoms with Gasteiger partial charge in [0, 0.05) is 25.5 Å². The van der Waals surface area contributed by atoms with Crippen LogP contribution in [0.15, 0.2) is 87.1 Å². The Bertz CT molecular complexity index is 931. The Kier molecular flexibility index (Phi) is 5.54. The maximum absolute atomic E-state index is 12.3. The van der Waals surface area contributed by atoms with Gasteiger partial charge in [-0.25, -0.2) is 0 Å². The van der Waals surface area contributed by atoms with Crippen molar-refractivity contribution in [3.05, 3.63) is 88.4 Å². The summed E-state index contributed by atoms with van der Waals surface area (Å²) in [6, 6.07) is 24.4. The Labute approximate surface area is 158 Å². The quantitative estimate of drug-likeness (QED) is 0.599. The van der Waals surface area contributed by atoms with Gasteiger partial charge in [0.05, 0.1) is 11.6 Å². The molecule has 1 amide bonds. The van der Waals surface area contributed by atoms with E-state index >= 15 is 0 Å². The summed E-state index contributed by atoms with van der Waals surface area (Å²) in [4.78, 5) is 14.5. The van der Waals surface area contributed by atoms with E-state index < -0.39 is 0 Å². The zero-order valence-electron chi connectivity index (χ0n) is 13.1. The first-order valence-electron chi connectivity index (χ1n) is 7.49. The first-order valence-corrected chi connectivity index (χ1v) is 9.10. The van der Waals surface area contributed by atoms with Gasteiger partial charge in [-0.05, 0) is 66.7 Å². The van der Waals surface area contributed by atoms with Crippen LogP contribution in [0.25, 0.3) is 0 Å². The molecule has 3 aromatic carbocycles. The molecule has 5 heteroatoms. The summed E-state index contributed by atoms with van der Waals surface area (Å²) in [5.41, 5.74) is 1.65. The minimum atomic E-state index is -0.231. The topological polar surface area (TPSA) is 52.9 Å². The number of benzene rings is 3. The third kappa shape index (κ3) is 4.72. The van der Waals surface area contributed by atoms with Gasteiger partial charge in [0.15, 0.2) is 0 Å². The molecular weight excluding hydrogens is 396 g/mol. The van der Waals surface area contributed by atoms with E-state index in [0.29, 0.717) is 16.8 Å². The van der Waals surface area contributed by atoms with Gasteiger partial charge in [-0.1, -0.05) is 33.8 Å². The molecule has 0 unspecified atom stereocenters. The molecule has 0 aliphatic heterocycles. The molecule has 0 fully saturated rings. The van der Waals surface area contributed by atoms with Crippen molar-refractivity contribution in [1.29, 1.82) is 5.26 Å². The van der Waals surface area contributed by atoms with E-state index in [1.54, 1.807) is 36.0 Å². The Balaban J connectivity index is 1.67. The summed E-state index contributed by atoms with van der Waals surface area (Å²) in [6.07, 6.45) is 0. The molecule has 0 atom stereocenters. The second-order valence-electron chi connectivity index (χ2n) is 5.23. The Hall–Kier alpha value is -2.55. The molecule has 1 N–H and O–H groups in total. The van der Waals surface area contributed by atoms with Crippen molar-refractivity contribution in [2.24, 2.45) is 0 Å². The number of carbonyl (C=O) groups is 1. The number of halogens is 1. The van der Waals surface area contributed by atoms with Gasteiger partial charge in [-0.3, -0.25) is 4.79 Å². The molecule has 25 heavy (non-hydrogen) atoms. The van der Waals surface area contributed by atoms with Crippen LogP contribution >= 0.6 is 27.7 Å². The first-order chi connectivity index (χ1) is 12.1. The lowest BCUT2D eigenvalue weighted by Crippen LogP contribution is -2.11. The molecule has 0 saturated carbocycles.